The van der Waals surface area contributed by atoms with E-state index in [9.17, 15) is 4.79 Å². The maximum atomic E-state index is 12.3. The number of nitrogens with zero attached hydrogens (tertiary/aromatic N) is 3. The lowest BCUT2D eigenvalue weighted by Gasteiger charge is -2.21. The van der Waals surface area contributed by atoms with E-state index in [0.717, 1.165) is 25.2 Å². The van der Waals surface area contributed by atoms with E-state index < -0.39 is 0 Å². The van der Waals surface area contributed by atoms with Gasteiger partial charge in [-0.05, 0) is 39.4 Å². The van der Waals surface area contributed by atoms with Crippen LogP contribution in [0.3, 0.4) is 0 Å². The molecule has 1 aliphatic rings. The molecule has 1 aliphatic heterocycles. The molecule has 1 saturated heterocycles. The first kappa shape index (κ1) is 14.8. The number of hydrogen-bond acceptors (Lipinski definition) is 4. The first-order valence-electron chi connectivity index (χ1n) is 7.37. The summed E-state index contributed by atoms with van der Waals surface area (Å²) in [6, 6.07) is 4.43. The first-order valence-corrected chi connectivity index (χ1v) is 7.37. The molecule has 0 spiro atoms. The molecule has 0 aliphatic carbocycles. The van der Waals surface area contributed by atoms with Crippen LogP contribution in [0.1, 0.15) is 30.8 Å². The summed E-state index contributed by atoms with van der Waals surface area (Å²) < 4.78 is 0. The highest BCUT2D eigenvalue weighted by Crippen LogP contribution is 2.21. The van der Waals surface area contributed by atoms with Gasteiger partial charge in [0, 0.05) is 44.1 Å². The third kappa shape index (κ3) is 3.10. The van der Waals surface area contributed by atoms with Gasteiger partial charge in [0.25, 0.3) is 5.91 Å². The Morgan fingerprint density at radius 3 is 2.85 bits per heavy atom. The molecular formula is C15H24N4O. The summed E-state index contributed by atoms with van der Waals surface area (Å²) in [5, 5.41) is 3.31. The number of hydrogen-bond donors (Lipinski definition) is 1. The van der Waals surface area contributed by atoms with Crippen molar-refractivity contribution in [3.8, 4) is 0 Å². The molecule has 1 atom stereocenters. The van der Waals surface area contributed by atoms with Gasteiger partial charge >= 0.3 is 0 Å². The molecule has 0 bridgehead atoms. The van der Waals surface area contributed by atoms with Crippen molar-refractivity contribution in [3.63, 3.8) is 0 Å². The van der Waals surface area contributed by atoms with E-state index in [4.69, 9.17) is 0 Å². The summed E-state index contributed by atoms with van der Waals surface area (Å²) in [5.74, 6) is 0.0150. The molecule has 1 aromatic heterocycles. The number of nitrogens with one attached hydrogen (secondary N) is 1. The van der Waals surface area contributed by atoms with Crippen molar-refractivity contribution in [1.29, 1.82) is 0 Å². The predicted molar refractivity (Wildman–Crippen MR) is 81.2 cm³/mol. The average Bonchev–Trinajstić information content (AvgIpc) is 2.97. The van der Waals surface area contributed by atoms with E-state index in [1.54, 1.807) is 11.1 Å². The van der Waals surface area contributed by atoms with Crippen LogP contribution in [0.4, 0.5) is 5.69 Å². The highest BCUT2D eigenvalue weighted by atomic mass is 16.2. The van der Waals surface area contributed by atoms with Crippen molar-refractivity contribution in [2.75, 3.05) is 38.1 Å². The van der Waals surface area contributed by atoms with Crippen molar-refractivity contribution in [1.82, 2.24) is 15.2 Å². The standard InChI is InChI=1S/C15H24N4O/c1-4-18(5-2)15(20)14-10-13(6-8-17-14)19-9-7-12(11-19)16-3/h6,8,10,12,16H,4-5,7,9,11H2,1-3H3. The van der Waals surface area contributed by atoms with Crippen LogP contribution in [-0.4, -0.2) is 55.1 Å². The van der Waals surface area contributed by atoms with Gasteiger partial charge in [0.05, 0.1) is 0 Å². The van der Waals surface area contributed by atoms with Crippen molar-refractivity contribution in [3.05, 3.63) is 24.0 Å². The summed E-state index contributed by atoms with van der Waals surface area (Å²) in [7, 11) is 2.00. The Morgan fingerprint density at radius 2 is 2.25 bits per heavy atom. The van der Waals surface area contributed by atoms with Crippen molar-refractivity contribution in [2.45, 2.75) is 26.3 Å². The maximum Gasteiger partial charge on any atom is 0.272 e. The second-order valence-electron chi connectivity index (χ2n) is 5.10. The van der Waals surface area contributed by atoms with E-state index in [-0.39, 0.29) is 5.91 Å². The Bertz CT molecular complexity index is 459. The monoisotopic (exact) mass is 276 g/mol. The van der Waals surface area contributed by atoms with E-state index in [2.05, 4.69) is 15.2 Å². The van der Waals surface area contributed by atoms with Crippen molar-refractivity contribution >= 4 is 11.6 Å². The Morgan fingerprint density at radius 1 is 1.50 bits per heavy atom. The zero-order chi connectivity index (χ0) is 14.5. The topological polar surface area (TPSA) is 48.5 Å². The van der Waals surface area contributed by atoms with Gasteiger partial charge in [0.2, 0.25) is 0 Å². The lowest BCUT2D eigenvalue weighted by molar-refractivity contribution is 0.0767. The Hall–Kier alpha value is -1.62. The number of amides is 1. The fourth-order valence-corrected chi connectivity index (χ4v) is 2.64. The van der Waals surface area contributed by atoms with Crippen LogP contribution in [0, 0.1) is 0 Å². The number of rotatable bonds is 5. The normalized spacial score (nSPS) is 18.4. The molecule has 0 radical (unpaired) electrons. The molecule has 1 N–H and O–H groups in total. The van der Waals surface area contributed by atoms with Crippen molar-refractivity contribution in [2.24, 2.45) is 0 Å². The highest BCUT2D eigenvalue weighted by Gasteiger charge is 2.22. The Labute approximate surface area is 121 Å². The second-order valence-corrected chi connectivity index (χ2v) is 5.10. The van der Waals surface area contributed by atoms with Gasteiger partial charge in [-0.3, -0.25) is 9.78 Å². The van der Waals surface area contributed by atoms with Gasteiger partial charge < -0.3 is 15.1 Å². The summed E-state index contributed by atoms with van der Waals surface area (Å²) in [6.07, 6.45) is 2.87. The third-order valence-electron chi connectivity index (χ3n) is 3.97. The van der Waals surface area contributed by atoms with Gasteiger partial charge in [-0.25, -0.2) is 0 Å². The van der Waals surface area contributed by atoms with Gasteiger partial charge in [-0.2, -0.15) is 0 Å². The van der Waals surface area contributed by atoms with Crippen LogP contribution in [0.15, 0.2) is 18.3 Å². The van der Waals surface area contributed by atoms with Crippen LogP contribution in [0.2, 0.25) is 0 Å². The highest BCUT2D eigenvalue weighted by molar-refractivity contribution is 5.93. The van der Waals surface area contributed by atoms with E-state index in [1.165, 1.54) is 0 Å². The predicted octanol–water partition coefficient (Wildman–Crippen LogP) is 1.36. The number of likely N-dealkylation sites (N-methyl/N-ethyl adjacent to an activating group) is 1. The van der Waals surface area contributed by atoms with E-state index in [0.29, 0.717) is 24.8 Å². The second kappa shape index (κ2) is 6.70. The molecule has 1 unspecified atom stereocenters. The quantitative estimate of drug-likeness (QED) is 0.882. The number of anilines is 1. The molecule has 1 fully saturated rings. The molecule has 1 amide bonds. The van der Waals surface area contributed by atoms with Gasteiger partial charge in [0.1, 0.15) is 5.69 Å². The molecule has 5 heteroatoms. The fourth-order valence-electron chi connectivity index (χ4n) is 2.64. The smallest absolute Gasteiger partial charge is 0.272 e. The van der Waals surface area contributed by atoms with E-state index >= 15 is 0 Å². The molecule has 5 nitrogen and oxygen atoms in total. The largest absolute Gasteiger partial charge is 0.370 e. The summed E-state index contributed by atoms with van der Waals surface area (Å²) in [4.78, 5) is 20.7. The summed E-state index contributed by atoms with van der Waals surface area (Å²) >= 11 is 0. The van der Waals surface area contributed by atoms with Crippen LogP contribution in [0.25, 0.3) is 0 Å². The lowest BCUT2D eigenvalue weighted by Crippen LogP contribution is -2.32. The number of pyridine rings is 1. The minimum Gasteiger partial charge on any atom is -0.370 e. The van der Waals surface area contributed by atoms with Crippen LogP contribution >= 0.6 is 0 Å². The molecule has 1 aromatic rings. The van der Waals surface area contributed by atoms with Gasteiger partial charge in [-0.15, -0.1) is 0 Å². The van der Waals surface area contributed by atoms with Crippen LogP contribution in [-0.2, 0) is 0 Å². The fraction of sp³-hybridized carbons (Fsp3) is 0.600. The molecule has 0 saturated carbocycles. The first-order chi connectivity index (χ1) is 9.69. The molecule has 2 rings (SSSR count). The number of aromatic nitrogens is 1. The van der Waals surface area contributed by atoms with Gasteiger partial charge in [0.15, 0.2) is 0 Å². The minimum absolute atomic E-state index is 0.0150. The number of carbonyl (C=O) groups excluding carboxylic acids is 1. The van der Waals surface area contributed by atoms with Crippen molar-refractivity contribution < 1.29 is 4.79 Å². The maximum absolute atomic E-state index is 12.3. The van der Waals surface area contributed by atoms with Crippen LogP contribution < -0.4 is 10.2 Å². The zero-order valence-electron chi connectivity index (χ0n) is 12.6. The Kier molecular flexibility index (Phi) is 4.95. The minimum atomic E-state index is 0.0150. The average molecular weight is 276 g/mol. The zero-order valence-corrected chi connectivity index (χ0v) is 12.6. The molecule has 0 aromatic carbocycles. The van der Waals surface area contributed by atoms with Gasteiger partial charge in [-0.1, -0.05) is 0 Å². The summed E-state index contributed by atoms with van der Waals surface area (Å²) in [5.41, 5.74) is 1.63. The Balaban J connectivity index is 2.14. The lowest BCUT2D eigenvalue weighted by atomic mass is 10.2. The number of carbonyl (C=O) groups is 1. The molecule has 110 valence electrons. The molecule has 2 heterocycles. The van der Waals surface area contributed by atoms with E-state index in [1.807, 2.05) is 33.0 Å². The molecular weight excluding hydrogens is 252 g/mol. The van der Waals surface area contributed by atoms with Crippen LogP contribution in [0.5, 0.6) is 0 Å². The summed E-state index contributed by atoms with van der Waals surface area (Å²) in [6.45, 7) is 7.42. The third-order valence-corrected chi connectivity index (χ3v) is 3.97. The molecule has 20 heavy (non-hydrogen) atoms. The SMILES string of the molecule is CCN(CC)C(=O)c1cc(N2CCC(NC)C2)ccn1.